The summed E-state index contributed by atoms with van der Waals surface area (Å²) in [6.45, 7) is 1.42. The Bertz CT molecular complexity index is 901. The molecule has 0 aliphatic rings. The van der Waals surface area contributed by atoms with E-state index in [9.17, 15) is 18.6 Å². The number of benzene rings is 2. The molecule has 0 aromatic heterocycles. The minimum absolute atomic E-state index is 0.0169. The highest BCUT2D eigenvalue weighted by Gasteiger charge is 2.22. The van der Waals surface area contributed by atoms with E-state index in [1.165, 1.54) is 0 Å². The van der Waals surface area contributed by atoms with E-state index in [-0.39, 0.29) is 39.6 Å². The summed E-state index contributed by atoms with van der Waals surface area (Å²) in [7, 11) is -3.84. The predicted molar refractivity (Wildman–Crippen MR) is 137 cm³/mol. The van der Waals surface area contributed by atoms with Crippen molar-refractivity contribution < 1.29 is 47.1 Å². The Hall–Kier alpha value is -2.65. The van der Waals surface area contributed by atoms with Crippen molar-refractivity contribution in [3.8, 4) is 11.5 Å². The number of sulfone groups is 1. The van der Waals surface area contributed by atoms with Crippen LogP contribution in [0.1, 0.15) is 0 Å². The first-order valence-electron chi connectivity index (χ1n) is 11.7. The quantitative estimate of drug-likeness (QED) is 0.103. The van der Waals surface area contributed by atoms with Crippen molar-refractivity contribution in [3.05, 3.63) is 48.5 Å². The van der Waals surface area contributed by atoms with Gasteiger partial charge in [-0.25, -0.2) is 8.42 Å². The van der Waals surface area contributed by atoms with Crippen LogP contribution < -0.4 is 20.9 Å². The van der Waals surface area contributed by atoms with Crippen LogP contribution in [0.3, 0.4) is 0 Å². The van der Waals surface area contributed by atoms with Crippen molar-refractivity contribution in [3.63, 3.8) is 0 Å². The third kappa shape index (κ3) is 14.6. The maximum Gasteiger partial charge on any atom is 0.168 e. The molecule has 6 N–H and O–H groups in total. The van der Waals surface area contributed by atoms with Crippen LogP contribution in [0.4, 0.5) is 11.4 Å². The van der Waals surface area contributed by atoms with Gasteiger partial charge in [0.15, 0.2) is 22.4 Å². The van der Waals surface area contributed by atoms with Crippen LogP contribution in [0, 0.1) is 0 Å². The highest BCUT2D eigenvalue weighted by Crippen LogP contribution is 2.13. The van der Waals surface area contributed by atoms with Gasteiger partial charge in [0.2, 0.25) is 0 Å². The van der Waals surface area contributed by atoms with Crippen LogP contribution in [0.15, 0.2) is 48.5 Å². The van der Waals surface area contributed by atoms with Gasteiger partial charge in [-0.3, -0.25) is 0 Å². The zero-order valence-electron chi connectivity index (χ0n) is 20.6. The van der Waals surface area contributed by atoms with Gasteiger partial charge in [-0.15, -0.1) is 0 Å². The van der Waals surface area contributed by atoms with Crippen molar-refractivity contribution in [2.24, 2.45) is 0 Å². The first kappa shape index (κ1) is 30.6. The number of hydrogen-bond acceptors (Lipinski definition) is 12. The Morgan fingerprint density at radius 3 is 1.32 bits per heavy atom. The smallest absolute Gasteiger partial charge is 0.168 e. The molecular formula is C24H36N2O10S. The molecule has 37 heavy (non-hydrogen) atoms. The van der Waals surface area contributed by atoms with Crippen LogP contribution in [-0.4, -0.2) is 95.6 Å². The first-order chi connectivity index (χ1) is 17.7. The summed E-state index contributed by atoms with van der Waals surface area (Å²) in [6, 6.07) is 13.9. The van der Waals surface area contributed by atoms with E-state index in [1.807, 2.05) is 0 Å². The van der Waals surface area contributed by atoms with Crippen LogP contribution in [0.25, 0.3) is 0 Å². The normalized spacial score (nSPS) is 13.2. The summed E-state index contributed by atoms with van der Waals surface area (Å²) in [5.41, 5.74) is 12.5. The second kappa shape index (κ2) is 17.0. The first-order valence-corrected chi connectivity index (χ1v) is 13.5. The number of hydrogen-bond donors (Lipinski definition) is 4. The summed E-state index contributed by atoms with van der Waals surface area (Å²) in [5, 5.41) is 19.6. The van der Waals surface area contributed by atoms with Crippen LogP contribution in [-0.2, 0) is 28.8 Å². The second-order valence-corrected chi connectivity index (χ2v) is 9.94. The standard InChI is InChI=1S/C24H36N2O10S/c25-19-1-5-21(6-2-19)33-13-9-31-11-15-35-23(27)17-37(29,30)18-24(28)36-16-12-32-10-14-34-22-7-3-20(26)4-8-22/h1-8,23-24,27-28H,9-18,25-26H2. The Balaban J connectivity index is 1.45. The molecule has 2 rings (SSSR count). The number of aliphatic hydroxyl groups is 2. The zero-order valence-corrected chi connectivity index (χ0v) is 21.4. The van der Waals surface area contributed by atoms with Gasteiger partial charge in [0.05, 0.1) is 39.6 Å². The number of ether oxygens (including phenoxy) is 6. The van der Waals surface area contributed by atoms with Crippen molar-refractivity contribution in [1.29, 1.82) is 0 Å². The van der Waals surface area contributed by atoms with Crippen LogP contribution in [0.2, 0.25) is 0 Å². The van der Waals surface area contributed by atoms with Gasteiger partial charge in [0.25, 0.3) is 0 Å². The largest absolute Gasteiger partial charge is 0.491 e. The van der Waals surface area contributed by atoms with Crippen LogP contribution in [0.5, 0.6) is 11.5 Å². The van der Waals surface area contributed by atoms with Gasteiger partial charge in [0.1, 0.15) is 36.2 Å². The topological polar surface area (TPSA) is 182 Å². The highest BCUT2D eigenvalue weighted by molar-refractivity contribution is 7.91. The predicted octanol–water partition coefficient (Wildman–Crippen LogP) is 0.427. The lowest BCUT2D eigenvalue weighted by Gasteiger charge is -2.15. The van der Waals surface area contributed by atoms with Gasteiger partial charge in [-0.2, -0.15) is 0 Å². The molecule has 0 heterocycles. The molecule has 0 amide bonds. The Labute approximate surface area is 216 Å². The van der Waals surface area contributed by atoms with E-state index >= 15 is 0 Å². The van der Waals surface area contributed by atoms with E-state index < -0.39 is 33.9 Å². The fraction of sp³-hybridized carbons (Fsp3) is 0.500. The summed E-state index contributed by atoms with van der Waals surface area (Å²) in [6.07, 6.45) is -3.12. The number of anilines is 2. The Morgan fingerprint density at radius 1 is 0.595 bits per heavy atom. The Kier molecular flexibility index (Phi) is 14.0. The number of rotatable bonds is 20. The molecule has 0 saturated carbocycles. The number of nitrogens with two attached hydrogens (primary N) is 2. The fourth-order valence-electron chi connectivity index (χ4n) is 2.85. The lowest BCUT2D eigenvalue weighted by atomic mass is 10.3. The number of aliphatic hydroxyl groups excluding tert-OH is 2. The molecule has 0 aliphatic carbocycles. The maximum absolute atomic E-state index is 12.1. The molecule has 2 unspecified atom stereocenters. The summed E-state index contributed by atoms with van der Waals surface area (Å²) >= 11 is 0. The molecule has 12 nitrogen and oxygen atoms in total. The van der Waals surface area contributed by atoms with Crippen molar-refractivity contribution in [1.82, 2.24) is 0 Å². The van der Waals surface area contributed by atoms with Gasteiger partial charge in [-0.1, -0.05) is 0 Å². The SMILES string of the molecule is Nc1ccc(OCCOCCOC(O)CS(=O)(=O)CC(O)OCCOCCOc2ccc(N)cc2)cc1. The van der Waals surface area contributed by atoms with Gasteiger partial charge in [0, 0.05) is 11.4 Å². The average Bonchev–Trinajstić information content (AvgIpc) is 2.84. The zero-order chi connectivity index (χ0) is 26.9. The van der Waals surface area contributed by atoms with Gasteiger partial charge in [-0.05, 0) is 48.5 Å². The molecule has 208 valence electrons. The van der Waals surface area contributed by atoms with Gasteiger partial charge < -0.3 is 50.1 Å². The third-order valence-electron chi connectivity index (χ3n) is 4.62. The Morgan fingerprint density at radius 2 is 0.946 bits per heavy atom. The maximum atomic E-state index is 12.1. The molecule has 0 radical (unpaired) electrons. The molecule has 2 aromatic carbocycles. The van der Waals surface area contributed by atoms with Crippen molar-refractivity contribution >= 4 is 21.2 Å². The van der Waals surface area contributed by atoms with E-state index in [4.69, 9.17) is 39.9 Å². The lowest BCUT2D eigenvalue weighted by molar-refractivity contribution is -0.102. The molecule has 0 fully saturated rings. The van der Waals surface area contributed by atoms with Crippen LogP contribution >= 0.6 is 0 Å². The molecule has 0 spiro atoms. The molecule has 0 saturated heterocycles. The fourth-order valence-corrected chi connectivity index (χ4v) is 4.05. The van der Waals surface area contributed by atoms with Gasteiger partial charge >= 0.3 is 0 Å². The molecular weight excluding hydrogens is 508 g/mol. The highest BCUT2D eigenvalue weighted by atomic mass is 32.2. The molecule has 0 aliphatic heterocycles. The summed E-state index contributed by atoms with van der Waals surface area (Å²) < 4.78 is 55.9. The summed E-state index contributed by atoms with van der Waals surface area (Å²) in [5.74, 6) is -0.0546. The number of nitrogen functional groups attached to an aromatic ring is 2. The van der Waals surface area contributed by atoms with E-state index in [0.717, 1.165) is 0 Å². The minimum atomic E-state index is -3.84. The summed E-state index contributed by atoms with van der Waals surface area (Å²) in [4.78, 5) is 0. The third-order valence-corrected chi connectivity index (χ3v) is 6.21. The van der Waals surface area contributed by atoms with Crippen molar-refractivity contribution in [2.75, 3.05) is 75.8 Å². The minimum Gasteiger partial charge on any atom is -0.491 e. The van der Waals surface area contributed by atoms with Crippen molar-refractivity contribution in [2.45, 2.75) is 12.6 Å². The van der Waals surface area contributed by atoms with E-state index in [1.54, 1.807) is 48.5 Å². The average molecular weight is 545 g/mol. The molecule has 13 heteroatoms. The molecule has 2 aromatic rings. The molecule has 2 atom stereocenters. The molecule has 0 bridgehead atoms. The lowest BCUT2D eigenvalue weighted by Crippen LogP contribution is -2.32. The van der Waals surface area contributed by atoms with E-state index in [0.29, 0.717) is 36.1 Å². The van der Waals surface area contributed by atoms with E-state index in [2.05, 4.69) is 0 Å². The second-order valence-electron chi connectivity index (χ2n) is 7.79. The monoisotopic (exact) mass is 544 g/mol.